The molecule has 7 aromatic heterocycles. The van der Waals surface area contributed by atoms with Gasteiger partial charge in [0.1, 0.15) is 18.5 Å². The highest BCUT2D eigenvalue weighted by molar-refractivity contribution is 5.14. The Morgan fingerprint density at radius 3 is 0.844 bits per heavy atom. The average molecular weight is 1250 g/mol. The van der Waals surface area contributed by atoms with Gasteiger partial charge in [-0.25, -0.2) is 29.9 Å². The van der Waals surface area contributed by atoms with Gasteiger partial charge in [0.15, 0.2) is 0 Å². The molecule has 0 saturated carbocycles. The van der Waals surface area contributed by atoms with Gasteiger partial charge in [-0.05, 0) is 101 Å². The monoisotopic (exact) mass is 1240 g/mol. The van der Waals surface area contributed by atoms with Gasteiger partial charge in [0.05, 0.1) is 5.69 Å². The molecule has 0 aliphatic heterocycles. The molecule has 0 aliphatic carbocycles. The highest BCUT2D eigenvalue weighted by atomic mass is 14.9. The van der Waals surface area contributed by atoms with Crippen molar-refractivity contribution in [2.24, 2.45) is 5.92 Å². The molecule has 0 bridgehead atoms. The van der Waals surface area contributed by atoms with E-state index in [2.05, 4.69) is 179 Å². The molecule has 11 heteroatoms. The number of nitrogens with zero attached hydrogens (tertiary/aromatic N) is 11. The van der Waals surface area contributed by atoms with E-state index in [4.69, 9.17) is 0 Å². The minimum Gasteiger partial charge on any atom is -0.265 e. The summed E-state index contributed by atoms with van der Waals surface area (Å²) in [5.41, 5.74) is 7.17. The summed E-state index contributed by atoms with van der Waals surface area (Å²) in [6.45, 7) is 68.3. The number of hydrogen-bond donors (Lipinski definition) is 0. The Morgan fingerprint density at radius 2 is 0.600 bits per heavy atom. The van der Waals surface area contributed by atoms with Crippen LogP contribution in [0.2, 0.25) is 0 Å². The predicted molar refractivity (Wildman–Crippen MR) is 404 cm³/mol. The summed E-state index contributed by atoms with van der Waals surface area (Å²) in [6, 6.07) is 29.9. The van der Waals surface area contributed by atoms with E-state index in [9.17, 15) is 0 Å². The quantitative estimate of drug-likeness (QED) is 0.150. The lowest BCUT2D eigenvalue weighted by atomic mass is 10.1. The Morgan fingerprint density at radius 1 is 0.222 bits per heavy atom. The Bertz CT molecular complexity index is 1890. The summed E-state index contributed by atoms with van der Waals surface area (Å²) in [4.78, 5) is 44.0. The largest absolute Gasteiger partial charge is 0.265 e. The van der Waals surface area contributed by atoms with Crippen LogP contribution in [0.25, 0.3) is 0 Å². The van der Waals surface area contributed by atoms with Gasteiger partial charge >= 0.3 is 0 Å². The van der Waals surface area contributed by atoms with Gasteiger partial charge in [-0.1, -0.05) is 284 Å². The number of benzene rings is 1. The first-order valence-electron chi connectivity index (χ1n) is 33.6. The highest BCUT2D eigenvalue weighted by Crippen LogP contribution is 2.13. The molecule has 0 N–H and O–H groups in total. The molecule has 0 atom stereocenters. The molecule has 0 spiro atoms. The third-order valence-electron chi connectivity index (χ3n) is 9.39. The van der Waals surface area contributed by atoms with E-state index in [0.29, 0.717) is 41.4 Å². The minimum absolute atomic E-state index is 0. The Labute approximate surface area is 559 Å². The number of pyridine rings is 3. The highest BCUT2D eigenvalue weighted by Gasteiger charge is 2.00. The van der Waals surface area contributed by atoms with Crippen molar-refractivity contribution in [2.45, 2.75) is 277 Å². The van der Waals surface area contributed by atoms with E-state index in [0.717, 1.165) is 28.8 Å². The van der Waals surface area contributed by atoms with Crippen molar-refractivity contribution < 1.29 is 0 Å². The molecule has 1 aromatic carbocycles. The standard InChI is InChI=1S/3C8H11N.4C7H10N2.C6H6.C4H10.8C2H6.CH4/c1-7(2)8-3-5-9-6-4-8;1-7(2)8-4-3-5-9-6-8;1-7(2)8-5-3-4-6-9-8;1-6(2)7-3-8-5-9-4-7;1-6(2)7-5-8-3-4-9-7;1-6(2)7-3-4-8-5-9-7;1-6(2)7-8-4-3-5-9-7;1-2-4-6-5-3-1;1-4(2)3;8*1-2;/h3*3-7H,1-2H3;4*3-6H,1-2H3;1-6H;4H,1-3H3;8*1-2H3;1H4. The second kappa shape index (κ2) is 86.2. The Balaban J connectivity index is -0.0000000975. The van der Waals surface area contributed by atoms with E-state index in [1.165, 1.54) is 16.7 Å². The third-order valence-corrected chi connectivity index (χ3v) is 9.39. The Kier molecular flexibility index (Phi) is 100. The number of aromatic nitrogens is 11. The van der Waals surface area contributed by atoms with Crippen LogP contribution in [0.1, 0.15) is 317 Å². The van der Waals surface area contributed by atoms with Crippen molar-refractivity contribution in [1.29, 1.82) is 0 Å². The molecule has 8 rings (SSSR count). The molecule has 0 saturated heterocycles. The van der Waals surface area contributed by atoms with E-state index in [-0.39, 0.29) is 7.43 Å². The zero-order valence-corrected chi connectivity index (χ0v) is 63.4. The maximum Gasteiger partial charge on any atom is 0.130 e. The predicted octanol–water partition coefficient (Wildman–Crippen LogP) is 25.2. The SMILES string of the molecule is C.CC.CC.CC.CC.CC.CC.CC.CC.CC(C)C.CC(C)c1ccccn1.CC(C)c1cccnc1.CC(C)c1ccncc1.CC(C)c1ccncn1.CC(C)c1cnccn1.CC(C)c1cncnc1.CC(C)c1ncccn1.c1ccccc1. The van der Waals surface area contributed by atoms with Crippen molar-refractivity contribution in [1.82, 2.24) is 54.8 Å². The van der Waals surface area contributed by atoms with Gasteiger partial charge in [0.25, 0.3) is 0 Å². The molecule has 0 unspecified atom stereocenters. The van der Waals surface area contributed by atoms with Crippen LogP contribution >= 0.6 is 0 Å². The van der Waals surface area contributed by atoms with Crippen LogP contribution in [0.15, 0.2) is 184 Å². The molecule has 512 valence electrons. The first kappa shape index (κ1) is 105. The number of rotatable bonds is 7. The molecule has 8 aromatic rings. The molecular formula is C79H141N11. The van der Waals surface area contributed by atoms with E-state index in [1.807, 2.05) is 233 Å². The maximum absolute atomic E-state index is 4.18. The zero-order valence-electron chi connectivity index (χ0n) is 63.4. The molecule has 0 radical (unpaired) electrons. The molecule has 90 heavy (non-hydrogen) atoms. The first-order chi connectivity index (χ1) is 42.9. The van der Waals surface area contributed by atoms with Gasteiger partial charge in [0.2, 0.25) is 0 Å². The summed E-state index contributed by atoms with van der Waals surface area (Å²) >= 11 is 0. The summed E-state index contributed by atoms with van der Waals surface area (Å²) in [5.74, 6) is 5.47. The number of hydrogen-bond acceptors (Lipinski definition) is 11. The second-order valence-electron chi connectivity index (χ2n) is 19.3. The fourth-order valence-electron chi connectivity index (χ4n) is 5.04. The van der Waals surface area contributed by atoms with Crippen molar-refractivity contribution in [3.63, 3.8) is 0 Å². The van der Waals surface area contributed by atoms with Gasteiger partial charge in [-0.2, -0.15) is 0 Å². The van der Waals surface area contributed by atoms with Crippen LogP contribution in [-0.4, -0.2) is 54.8 Å². The molecule has 7 heterocycles. The average Bonchev–Trinajstić information content (AvgIpc) is 3.74. The van der Waals surface area contributed by atoms with Crippen LogP contribution < -0.4 is 0 Å². The maximum atomic E-state index is 4.18. The van der Waals surface area contributed by atoms with Crippen LogP contribution in [-0.2, 0) is 0 Å². The topological polar surface area (TPSA) is 142 Å². The van der Waals surface area contributed by atoms with Crippen LogP contribution in [0, 0.1) is 5.92 Å². The van der Waals surface area contributed by atoms with Crippen molar-refractivity contribution in [2.75, 3.05) is 0 Å². The van der Waals surface area contributed by atoms with Gasteiger partial charge < -0.3 is 0 Å². The van der Waals surface area contributed by atoms with Crippen LogP contribution in [0.5, 0.6) is 0 Å². The van der Waals surface area contributed by atoms with Crippen LogP contribution in [0.3, 0.4) is 0 Å². The lowest BCUT2D eigenvalue weighted by Crippen LogP contribution is -1.93. The fraction of sp³-hybridized carbons (Fsp3) is 0.532. The molecular weight excluding hydrogens is 1100 g/mol. The normalized spacial score (nSPS) is 8.54. The van der Waals surface area contributed by atoms with E-state index in [1.54, 1.807) is 56.0 Å². The fourth-order valence-corrected chi connectivity index (χ4v) is 5.04. The molecule has 11 nitrogen and oxygen atoms in total. The molecule has 0 fully saturated rings. The van der Waals surface area contributed by atoms with Gasteiger partial charge in [-0.15, -0.1) is 0 Å². The van der Waals surface area contributed by atoms with E-state index < -0.39 is 0 Å². The minimum atomic E-state index is 0. The lowest BCUT2D eigenvalue weighted by Gasteiger charge is -2.01. The lowest BCUT2D eigenvalue weighted by molar-refractivity contribution is 0.737. The van der Waals surface area contributed by atoms with Gasteiger partial charge in [-0.3, -0.25) is 24.9 Å². The van der Waals surface area contributed by atoms with Crippen molar-refractivity contribution in [3.8, 4) is 0 Å². The summed E-state index contributed by atoms with van der Waals surface area (Å²) in [7, 11) is 0. The van der Waals surface area contributed by atoms with Crippen LogP contribution in [0.4, 0.5) is 0 Å². The third kappa shape index (κ3) is 75.2. The van der Waals surface area contributed by atoms with E-state index >= 15 is 0 Å². The first-order valence-corrected chi connectivity index (χ1v) is 33.6. The molecule has 0 aliphatic rings. The smallest absolute Gasteiger partial charge is 0.130 e. The second-order valence-corrected chi connectivity index (χ2v) is 19.3. The summed E-state index contributed by atoms with van der Waals surface area (Å²) in [5, 5.41) is 0. The molecule has 0 amide bonds. The zero-order chi connectivity index (χ0) is 70.7. The van der Waals surface area contributed by atoms with Crippen molar-refractivity contribution in [3.05, 3.63) is 224 Å². The summed E-state index contributed by atoms with van der Waals surface area (Å²) in [6.07, 6.45) is 26.5. The van der Waals surface area contributed by atoms with Gasteiger partial charge in [0, 0.05) is 97.9 Å². The summed E-state index contributed by atoms with van der Waals surface area (Å²) < 4.78 is 0. The Hall–Kier alpha value is -7.01. The van der Waals surface area contributed by atoms with Crippen molar-refractivity contribution >= 4 is 0 Å².